The number of hydrogen-bond acceptors (Lipinski definition) is 4. The summed E-state index contributed by atoms with van der Waals surface area (Å²) in [6, 6.07) is 7.60. The van der Waals surface area contributed by atoms with Crippen LogP contribution in [-0.4, -0.2) is 20.8 Å². The minimum atomic E-state index is -0.325. The first-order valence-electron chi connectivity index (χ1n) is 8.92. The van der Waals surface area contributed by atoms with Crippen molar-refractivity contribution < 1.29 is 13.7 Å². The summed E-state index contributed by atoms with van der Waals surface area (Å²) in [6.07, 6.45) is 2.41. The largest absolute Gasteiger partial charge is 0.361 e. The van der Waals surface area contributed by atoms with Gasteiger partial charge in [-0.1, -0.05) is 25.1 Å². The van der Waals surface area contributed by atoms with Crippen molar-refractivity contribution in [2.45, 2.75) is 40.2 Å². The van der Waals surface area contributed by atoms with Crippen molar-refractivity contribution in [3.63, 3.8) is 0 Å². The lowest BCUT2D eigenvalue weighted by Gasteiger charge is -2.13. The van der Waals surface area contributed by atoms with Crippen LogP contribution in [0.2, 0.25) is 0 Å². The van der Waals surface area contributed by atoms with Crippen molar-refractivity contribution in [3.05, 3.63) is 65.1 Å². The van der Waals surface area contributed by atoms with Crippen LogP contribution >= 0.6 is 0 Å². The molecule has 0 saturated carbocycles. The first-order chi connectivity index (χ1) is 12.8. The summed E-state index contributed by atoms with van der Waals surface area (Å²) in [7, 11) is 0. The molecule has 0 fully saturated rings. The van der Waals surface area contributed by atoms with E-state index in [9.17, 15) is 9.18 Å². The number of amides is 1. The lowest BCUT2D eigenvalue weighted by molar-refractivity contribution is 0.0930. The number of rotatable bonds is 6. The Hall–Kier alpha value is -2.96. The molecule has 0 saturated heterocycles. The number of nitrogens with zero attached hydrogens (tertiary/aromatic N) is 3. The molecule has 6 nitrogen and oxygen atoms in total. The van der Waals surface area contributed by atoms with Crippen molar-refractivity contribution in [2.24, 2.45) is 5.92 Å². The van der Waals surface area contributed by atoms with Gasteiger partial charge in [0.05, 0.1) is 17.9 Å². The number of carbonyl (C=O) groups is 1. The number of halogens is 1. The molecule has 1 atom stereocenters. The maximum Gasteiger partial charge on any atom is 0.273 e. The molecule has 142 valence electrons. The Bertz CT molecular complexity index is 945. The Labute approximate surface area is 157 Å². The molecule has 0 aliphatic rings. The van der Waals surface area contributed by atoms with Gasteiger partial charge in [-0.3, -0.25) is 4.79 Å². The molecule has 1 amide bonds. The normalized spacial score (nSPS) is 12.4. The fourth-order valence-electron chi connectivity index (χ4n) is 2.98. The van der Waals surface area contributed by atoms with Gasteiger partial charge in [-0.15, -0.1) is 0 Å². The second-order valence-electron chi connectivity index (χ2n) is 7.05. The standard InChI is InChI=1S/C20H23FN4O2/c1-12(2)8-17-10-19(24-27-17)20(26)23-13(3)18-11-22-25(14(18)4)16-7-5-6-15(21)9-16/h5-7,9-13H,8H2,1-4H3,(H,23,26)/t13-/m0/s1. The van der Waals surface area contributed by atoms with Gasteiger partial charge in [0.1, 0.15) is 11.6 Å². The fourth-order valence-corrected chi connectivity index (χ4v) is 2.98. The lowest BCUT2D eigenvalue weighted by atomic mass is 10.1. The van der Waals surface area contributed by atoms with E-state index in [0.29, 0.717) is 17.4 Å². The highest BCUT2D eigenvalue weighted by atomic mass is 19.1. The van der Waals surface area contributed by atoms with Crippen molar-refractivity contribution in [2.75, 3.05) is 0 Å². The predicted octanol–water partition coefficient (Wildman–Crippen LogP) is 4.00. The van der Waals surface area contributed by atoms with Gasteiger partial charge >= 0.3 is 0 Å². The molecular weight excluding hydrogens is 347 g/mol. The molecule has 0 radical (unpaired) electrons. The van der Waals surface area contributed by atoms with Gasteiger partial charge in [-0.2, -0.15) is 5.10 Å². The molecule has 1 aromatic carbocycles. The summed E-state index contributed by atoms with van der Waals surface area (Å²) in [5.74, 6) is 0.481. The molecule has 0 aliphatic carbocycles. The number of hydrogen-bond donors (Lipinski definition) is 1. The Balaban J connectivity index is 1.74. The van der Waals surface area contributed by atoms with Crippen LogP contribution in [-0.2, 0) is 6.42 Å². The maximum atomic E-state index is 13.5. The molecule has 0 aliphatic heterocycles. The zero-order valence-corrected chi connectivity index (χ0v) is 15.9. The molecule has 27 heavy (non-hydrogen) atoms. The van der Waals surface area contributed by atoms with E-state index in [1.54, 1.807) is 29.1 Å². The Kier molecular flexibility index (Phi) is 5.39. The Morgan fingerprint density at radius 1 is 1.30 bits per heavy atom. The van der Waals surface area contributed by atoms with E-state index in [-0.39, 0.29) is 23.5 Å². The summed E-state index contributed by atoms with van der Waals surface area (Å²) in [4.78, 5) is 12.4. The monoisotopic (exact) mass is 370 g/mol. The minimum Gasteiger partial charge on any atom is -0.361 e. The smallest absolute Gasteiger partial charge is 0.273 e. The third-order valence-corrected chi connectivity index (χ3v) is 4.32. The van der Waals surface area contributed by atoms with Gasteiger partial charge in [-0.25, -0.2) is 9.07 Å². The molecule has 2 aromatic heterocycles. The highest BCUT2D eigenvalue weighted by Crippen LogP contribution is 2.21. The molecule has 0 spiro atoms. The van der Waals surface area contributed by atoms with E-state index in [2.05, 4.69) is 29.4 Å². The highest BCUT2D eigenvalue weighted by Gasteiger charge is 2.19. The lowest BCUT2D eigenvalue weighted by Crippen LogP contribution is -2.27. The van der Waals surface area contributed by atoms with E-state index in [4.69, 9.17) is 4.52 Å². The molecule has 3 aromatic rings. The van der Waals surface area contributed by atoms with Crippen LogP contribution in [0.15, 0.2) is 41.1 Å². The van der Waals surface area contributed by atoms with E-state index in [1.165, 1.54) is 12.1 Å². The Morgan fingerprint density at radius 2 is 2.07 bits per heavy atom. The zero-order chi connectivity index (χ0) is 19.6. The number of benzene rings is 1. The zero-order valence-electron chi connectivity index (χ0n) is 15.9. The van der Waals surface area contributed by atoms with Crippen LogP contribution in [0.5, 0.6) is 0 Å². The van der Waals surface area contributed by atoms with E-state index in [0.717, 1.165) is 17.7 Å². The van der Waals surface area contributed by atoms with Gasteiger partial charge in [0.15, 0.2) is 5.69 Å². The molecule has 7 heteroatoms. The number of carbonyl (C=O) groups excluding carboxylic acids is 1. The highest BCUT2D eigenvalue weighted by molar-refractivity contribution is 5.92. The Morgan fingerprint density at radius 3 is 2.78 bits per heavy atom. The summed E-state index contributed by atoms with van der Waals surface area (Å²) in [5, 5.41) is 11.1. The molecule has 2 heterocycles. The average Bonchev–Trinajstić information content (AvgIpc) is 3.21. The van der Waals surface area contributed by atoms with Crippen LogP contribution in [0.25, 0.3) is 5.69 Å². The third-order valence-electron chi connectivity index (χ3n) is 4.32. The van der Waals surface area contributed by atoms with Gasteiger partial charge in [0.25, 0.3) is 5.91 Å². The second-order valence-corrected chi connectivity index (χ2v) is 7.05. The van der Waals surface area contributed by atoms with Crippen molar-refractivity contribution in [1.29, 1.82) is 0 Å². The van der Waals surface area contributed by atoms with Crippen molar-refractivity contribution >= 4 is 5.91 Å². The molecular formula is C20H23FN4O2. The van der Waals surface area contributed by atoms with Gasteiger partial charge < -0.3 is 9.84 Å². The molecule has 0 unspecified atom stereocenters. The molecule has 3 rings (SSSR count). The minimum absolute atomic E-state index is 0.257. The summed E-state index contributed by atoms with van der Waals surface area (Å²) < 4.78 is 20.3. The van der Waals surface area contributed by atoms with Gasteiger partial charge in [0, 0.05) is 23.7 Å². The summed E-state index contributed by atoms with van der Waals surface area (Å²) in [6.45, 7) is 7.90. The quantitative estimate of drug-likeness (QED) is 0.712. The van der Waals surface area contributed by atoms with Gasteiger partial charge in [-0.05, 0) is 38.0 Å². The third kappa shape index (κ3) is 4.24. The first kappa shape index (κ1) is 18.8. The van der Waals surface area contributed by atoms with E-state index in [1.807, 2.05) is 13.8 Å². The summed E-state index contributed by atoms with van der Waals surface area (Å²) >= 11 is 0. The maximum absolute atomic E-state index is 13.5. The number of nitrogens with one attached hydrogen (secondary N) is 1. The molecule has 1 N–H and O–H groups in total. The molecule has 0 bridgehead atoms. The predicted molar refractivity (Wildman–Crippen MR) is 99.2 cm³/mol. The van der Waals surface area contributed by atoms with E-state index < -0.39 is 0 Å². The van der Waals surface area contributed by atoms with Gasteiger partial charge in [0.2, 0.25) is 0 Å². The summed E-state index contributed by atoms with van der Waals surface area (Å²) in [5.41, 5.74) is 2.56. The topological polar surface area (TPSA) is 73.0 Å². The van der Waals surface area contributed by atoms with Crippen LogP contribution in [0.1, 0.15) is 54.3 Å². The van der Waals surface area contributed by atoms with Crippen molar-refractivity contribution in [1.82, 2.24) is 20.3 Å². The average molecular weight is 370 g/mol. The second kappa shape index (κ2) is 7.73. The van der Waals surface area contributed by atoms with Crippen LogP contribution in [0.4, 0.5) is 4.39 Å². The SMILES string of the molecule is Cc1c([C@H](C)NC(=O)c2cc(CC(C)C)on2)cnn1-c1cccc(F)c1. The van der Waals surface area contributed by atoms with Crippen LogP contribution in [0, 0.1) is 18.7 Å². The van der Waals surface area contributed by atoms with Crippen LogP contribution < -0.4 is 5.32 Å². The first-order valence-corrected chi connectivity index (χ1v) is 8.92. The number of aromatic nitrogens is 3. The van der Waals surface area contributed by atoms with Crippen LogP contribution in [0.3, 0.4) is 0 Å². The van der Waals surface area contributed by atoms with Crippen molar-refractivity contribution in [3.8, 4) is 5.69 Å². The fraction of sp³-hybridized carbons (Fsp3) is 0.350. The van der Waals surface area contributed by atoms with E-state index >= 15 is 0 Å².